The number of carbonyl (C=O) groups is 2. The van der Waals surface area contributed by atoms with Gasteiger partial charge in [0.2, 0.25) is 0 Å². The minimum absolute atomic E-state index is 0.101. The van der Waals surface area contributed by atoms with E-state index in [-0.39, 0.29) is 13.2 Å². The van der Waals surface area contributed by atoms with Crippen LogP contribution in [0, 0.1) is 0 Å². The van der Waals surface area contributed by atoms with Crippen molar-refractivity contribution in [3.05, 3.63) is 81.7 Å². The molecule has 166 valence electrons. The smallest absolute Gasteiger partial charge is 0.329 e. The van der Waals surface area contributed by atoms with Crippen LogP contribution in [0.25, 0.3) is 0 Å². The molecular formula is C22H19Cl2N3O5. The Labute approximate surface area is 194 Å². The molecule has 3 rings (SSSR count). The van der Waals surface area contributed by atoms with Crippen LogP contribution in [0.5, 0.6) is 11.5 Å². The molecule has 0 saturated carbocycles. The topological polar surface area (TPSA) is 102 Å². The van der Waals surface area contributed by atoms with Crippen LogP contribution in [0.2, 0.25) is 10.0 Å². The Balaban J connectivity index is 1.53. The number of hydrogen-bond acceptors (Lipinski definition) is 6. The van der Waals surface area contributed by atoms with Gasteiger partial charge in [0.15, 0.2) is 11.5 Å². The first-order valence-corrected chi connectivity index (χ1v) is 10.1. The lowest BCUT2D eigenvalue weighted by Crippen LogP contribution is -2.37. The van der Waals surface area contributed by atoms with Crippen LogP contribution in [-0.2, 0) is 22.7 Å². The number of furan rings is 1. The van der Waals surface area contributed by atoms with Crippen molar-refractivity contribution >= 4 is 41.2 Å². The Morgan fingerprint density at radius 1 is 1.06 bits per heavy atom. The number of rotatable bonds is 8. The zero-order valence-corrected chi connectivity index (χ0v) is 18.4. The molecule has 1 aromatic heterocycles. The monoisotopic (exact) mass is 475 g/mol. The molecule has 0 saturated heterocycles. The van der Waals surface area contributed by atoms with E-state index in [0.717, 1.165) is 5.56 Å². The maximum Gasteiger partial charge on any atom is 0.329 e. The molecule has 0 bridgehead atoms. The SMILES string of the molecule is COc1cc(/C=N\NC(=O)C(=O)NCc2ccco2)ccc1OCc1ccc(Cl)c(Cl)c1. The molecular weight excluding hydrogens is 457 g/mol. The lowest BCUT2D eigenvalue weighted by atomic mass is 10.2. The molecule has 0 aliphatic rings. The van der Waals surface area contributed by atoms with Crippen LogP contribution in [0.15, 0.2) is 64.3 Å². The highest BCUT2D eigenvalue weighted by Crippen LogP contribution is 2.29. The molecule has 10 heteroatoms. The summed E-state index contributed by atoms with van der Waals surface area (Å²) in [6.45, 7) is 0.369. The number of benzene rings is 2. The van der Waals surface area contributed by atoms with Gasteiger partial charge in [-0.3, -0.25) is 9.59 Å². The maximum absolute atomic E-state index is 11.8. The Bertz CT molecular complexity index is 1120. The molecule has 2 amide bonds. The third-order valence-corrected chi connectivity index (χ3v) is 4.89. The average Bonchev–Trinajstić information content (AvgIpc) is 3.32. The minimum atomic E-state index is -0.902. The summed E-state index contributed by atoms with van der Waals surface area (Å²) in [5.74, 6) is -0.222. The number of methoxy groups -OCH3 is 1. The molecule has 32 heavy (non-hydrogen) atoms. The van der Waals surface area contributed by atoms with Crippen molar-refractivity contribution in [3.63, 3.8) is 0 Å². The third-order valence-electron chi connectivity index (χ3n) is 4.16. The second kappa shape index (κ2) is 11.2. The molecule has 2 N–H and O–H groups in total. The molecule has 0 atom stereocenters. The molecule has 8 nitrogen and oxygen atoms in total. The summed E-state index contributed by atoms with van der Waals surface area (Å²) >= 11 is 11.9. The average molecular weight is 476 g/mol. The van der Waals surface area contributed by atoms with Gasteiger partial charge in [-0.05, 0) is 53.6 Å². The summed E-state index contributed by atoms with van der Waals surface area (Å²) < 4.78 is 16.2. The second-order valence-corrected chi connectivity index (χ2v) is 7.22. The Kier molecular flexibility index (Phi) is 8.13. The van der Waals surface area contributed by atoms with E-state index in [4.69, 9.17) is 37.1 Å². The molecule has 0 fully saturated rings. The number of ether oxygens (including phenoxy) is 2. The fourth-order valence-electron chi connectivity index (χ4n) is 2.55. The number of amides is 2. The van der Waals surface area contributed by atoms with Crippen molar-refractivity contribution in [3.8, 4) is 11.5 Å². The van der Waals surface area contributed by atoms with Crippen LogP contribution in [0.4, 0.5) is 0 Å². The standard InChI is InChI=1S/C22H19Cl2N3O5/c1-30-20-10-14(5-7-19(20)32-13-15-4-6-17(23)18(24)9-15)11-26-27-22(29)21(28)25-12-16-3-2-8-31-16/h2-11H,12-13H2,1H3,(H,25,28)(H,27,29)/b26-11-. The van der Waals surface area contributed by atoms with Crippen molar-refractivity contribution < 1.29 is 23.5 Å². The number of hydrazone groups is 1. The summed E-state index contributed by atoms with van der Waals surface area (Å²) in [5.41, 5.74) is 3.63. The molecule has 3 aromatic rings. The molecule has 0 radical (unpaired) electrons. The fraction of sp³-hybridized carbons (Fsp3) is 0.136. The predicted octanol–water partition coefficient (Wildman–Crippen LogP) is 3.94. The van der Waals surface area contributed by atoms with Gasteiger partial charge < -0.3 is 19.2 Å². The zero-order chi connectivity index (χ0) is 22.9. The number of halogens is 2. The van der Waals surface area contributed by atoms with Crippen molar-refractivity contribution in [2.45, 2.75) is 13.2 Å². The Morgan fingerprint density at radius 3 is 2.62 bits per heavy atom. The van der Waals surface area contributed by atoms with E-state index < -0.39 is 11.8 Å². The van der Waals surface area contributed by atoms with Gasteiger partial charge in [0, 0.05) is 0 Å². The Morgan fingerprint density at radius 2 is 1.91 bits per heavy atom. The summed E-state index contributed by atoms with van der Waals surface area (Å²) in [7, 11) is 1.51. The van der Waals surface area contributed by atoms with Gasteiger partial charge in [-0.1, -0.05) is 29.3 Å². The van der Waals surface area contributed by atoms with Crippen LogP contribution >= 0.6 is 23.2 Å². The first-order chi connectivity index (χ1) is 15.5. The summed E-state index contributed by atoms with van der Waals surface area (Å²) in [6.07, 6.45) is 2.85. The number of carbonyl (C=O) groups excluding carboxylic acids is 2. The van der Waals surface area contributed by atoms with Crippen LogP contribution in [-0.4, -0.2) is 25.1 Å². The first kappa shape index (κ1) is 23.2. The van der Waals surface area contributed by atoms with Gasteiger partial charge in [-0.15, -0.1) is 0 Å². The summed E-state index contributed by atoms with van der Waals surface area (Å²) in [5, 5.41) is 7.13. The van der Waals surface area contributed by atoms with E-state index in [1.54, 1.807) is 42.5 Å². The summed E-state index contributed by atoms with van der Waals surface area (Å²) in [6, 6.07) is 13.7. The predicted molar refractivity (Wildman–Crippen MR) is 120 cm³/mol. The van der Waals surface area contributed by atoms with Gasteiger partial charge in [-0.25, -0.2) is 5.43 Å². The lowest BCUT2D eigenvalue weighted by molar-refractivity contribution is -0.139. The normalized spacial score (nSPS) is 10.7. The highest BCUT2D eigenvalue weighted by atomic mass is 35.5. The Hall–Kier alpha value is -3.49. The van der Waals surface area contributed by atoms with E-state index in [1.165, 1.54) is 19.6 Å². The van der Waals surface area contributed by atoms with E-state index in [0.29, 0.717) is 32.9 Å². The zero-order valence-electron chi connectivity index (χ0n) is 16.9. The molecule has 0 aliphatic carbocycles. The van der Waals surface area contributed by atoms with Gasteiger partial charge in [0.25, 0.3) is 0 Å². The van der Waals surface area contributed by atoms with Crippen molar-refractivity contribution in [2.24, 2.45) is 5.10 Å². The number of nitrogens with zero attached hydrogens (tertiary/aromatic N) is 1. The van der Waals surface area contributed by atoms with Crippen molar-refractivity contribution in [1.82, 2.24) is 10.7 Å². The third kappa shape index (κ3) is 6.50. The van der Waals surface area contributed by atoms with E-state index >= 15 is 0 Å². The van der Waals surface area contributed by atoms with Crippen molar-refractivity contribution in [1.29, 1.82) is 0 Å². The molecule has 1 heterocycles. The van der Waals surface area contributed by atoms with Gasteiger partial charge in [0.05, 0.1) is 36.2 Å². The second-order valence-electron chi connectivity index (χ2n) is 6.41. The highest BCUT2D eigenvalue weighted by molar-refractivity contribution is 6.42. The lowest BCUT2D eigenvalue weighted by Gasteiger charge is -2.11. The van der Waals surface area contributed by atoms with Crippen molar-refractivity contribution in [2.75, 3.05) is 7.11 Å². The van der Waals surface area contributed by atoms with E-state index in [2.05, 4.69) is 15.8 Å². The minimum Gasteiger partial charge on any atom is -0.493 e. The molecule has 0 aliphatic heterocycles. The largest absolute Gasteiger partial charge is 0.493 e. The quantitative estimate of drug-likeness (QED) is 0.291. The van der Waals surface area contributed by atoms with E-state index in [1.807, 2.05) is 6.07 Å². The van der Waals surface area contributed by atoms with Gasteiger partial charge in [0.1, 0.15) is 12.4 Å². The molecule has 2 aromatic carbocycles. The van der Waals surface area contributed by atoms with Crippen LogP contribution < -0.4 is 20.2 Å². The maximum atomic E-state index is 11.8. The number of nitrogens with one attached hydrogen (secondary N) is 2. The highest BCUT2D eigenvalue weighted by Gasteiger charge is 2.12. The van der Waals surface area contributed by atoms with Gasteiger partial charge in [-0.2, -0.15) is 5.10 Å². The molecule has 0 unspecified atom stereocenters. The van der Waals surface area contributed by atoms with Crippen LogP contribution in [0.1, 0.15) is 16.9 Å². The first-order valence-electron chi connectivity index (χ1n) is 9.34. The molecule has 0 spiro atoms. The number of hydrogen-bond donors (Lipinski definition) is 2. The van der Waals surface area contributed by atoms with Gasteiger partial charge >= 0.3 is 11.8 Å². The van der Waals surface area contributed by atoms with E-state index in [9.17, 15) is 9.59 Å². The fourth-order valence-corrected chi connectivity index (χ4v) is 2.87. The van der Waals surface area contributed by atoms with Crippen LogP contribution in [0.3, 0.4) is 0 Å². The summed E-state index contributed by atoms with van der Waals surface area (Å²) in [4.78, 5) is 23.6.